The van der Waals surface area contributed by atoms with Crippen LogP contribution in [0.15, 0.2) is 36.5 Å². The van der Waals surface area contributed by atoms with Gasteiger partial charge in [0, 0.05) is 13.2 Å². The van der Waals surface area contributed by atoms with Crippen molar-refractivity contribution in [1.29, 1.82) is 0 Å². The normalized spacial score (nSPS) is 12.1. The van der Waals surface area contributed by atoms with Crippen molar-refractivity contribution >= 4 is 5.91 Å². The van der Waals surface area contributed by atoms with Crippen molar-refractivity contribution < 1.29 is 9.90 Å². The van der Waals surface area contributed by atoms with Crippen LogP contribution in [0.1, 0.15) is 28.5 Å². The van der Waals surface area contributed by atoms with E-state index in [9.17, 15) is 9.90 Å². The van der Waals surface area contributed by atoms with Crippen molar-refractivity contribution in [3.63, 3.8) is 0 Å². The third-order valence-corrected chi connectivity index (χ3v) is 3.37. The number of aliphatic hydroxyl groups is 1. The Bertz CT molecular complexity index is 593. The number of carbonyl (C=O) groups is 1. The molecule has 0 saturated heterocycles. The summed E-state index contributed by atoms with van der Waals surface area (Å²) in [5.41, 5.74) is 2.43. The van der Waals surface area contributed by atoms with Gasteiger partial charge in [0.1, 0.15) is 0 Å². The summed E-state index contributed by atoms with van der Waals surface area (Å²) in [5, 5.41) is 16.6. The second-order valence-corrected chi connectivity index (χ2v) is 5.06. The van der Waals surface area contributed by atoms with Gasteiger partial charge in [0.05, 0.1) is 23.9 Å². The Morgan fingerprint density at radius 3 is 2.71 bits per heavy atom. The number of aryl methyl sites for hydroxylation is 2. The lowest BCUT2D eigenvalue weighted by atomic mass is 10.1. The van der Waals surface area contributed by atoms with Gasteiger partial charge in [0.25, 0.3) is 5.91 Å². The number of carbonyl (C=O) groups excluding carboxylic acids is 1. The lowest BCUT2D eigenvalue weighted by Crippen LogP contribution is -2.39. The quantitative estimate of drug-likeness (QED) is 0.842. The minimum atomic E-state index is -0.301. The van der Waals surface area contributed by atoms with Crippen molar-refractivity contribution in [3.05, 3.63) is 53.3 Å². The molecule has 2 aromatic rings. The standard InChI is InChI=1S/C16H21N3O2/c1-3-15-14(10-19(2)18-15)16(21)17-13(11-20)9-12-7-5-4-6-8-12/h4-8,10,13,20H,3,9,11H2,1-2H3,(H,17,21)/t13-/m1/s1. The number of nitrogens with one attached hydrogen (secondary N) is 1. The molecule has 0 saturated carbocycles. The molecule has 1 aromatic heterocycles. The number of aromatic nitrogens is 2. The molecule has 0 spiro atoms. The molecule has 0 aliphatic heterocycles. The smallest absolute Gasteiger partial charge is 0.255 e. The number of benzene rings is 1. The molecule has 0 radical (unpaired) electrons. The van der Waals surface area contributed by atoms with E-state index < -0.39 is 0 Å². The second kappa shape index (κ2) is 7.04. The molecule has 1 atom stereocenters. The van der Waals surface area contributed by atoms with Gasteiger partial charge in [-0.25, -0.2) is 0 Å². The molecule has 0 aliphatic carbocycles. The van der Waals surface area contributed by atoms with Gasteiger partial charge in [-0.1, -0.05) is 37.3 Å². The van der Waals surface area contributed by atoms with Gasteiger partial charge in [-0.3, -0.25) is 9.48 Å². The maximum atomic E-state index is 12.3. The number of amides is 1. The summed E-state index contributed by atoms with van der Waals surface area (Å²) in [4.78, 5) is 12.3. The van der Waals surface area contributed by atoms with E-state index in [2.05, 4.69) is 10.4 Å². The highest BCUT2D eigenvalue weighted by Crippen LogP contribution is 2.09. The van der Waals surface area contributed by atoms with Crippen LogP contribution in [0.3, 0.4) is 0 Å². The van der Waals surface area contributed by atoms with Crippen molar-refractivity contribution in [2.75, 3.05) is 6.61 Å². The fourth-order valence-corrected chi connectivity index (χ4v) is 2.31. The zero-order chi connectivity index (χ0) is 15.2. The van der Waals surface area contributed by atoms with Gasteiger partial charge in [-0.15, -0.1) is 0 Å². The van der Waals surface area contributed by atoms with E-state index in [1.54, 1.807) is 17.9 Å². The Hall–Kier alpha value is -2.14. The Balaban J connectivity index is 2.05. The first kappa shape index (κ1) is 15.3. The summed E-state index contributed by atoms with van der Waals surface area (Å²) in [6, 6.07) is 9.50. The lowest BCUT2D eigenvalue weighted by Gasteiger charge is -2.16. The van der Waals surface area contributed by atoms with E-state index in [4.69, 9.17) is 0 Å². The Kier molecular flexibility index (Phi) is 5.11. The first-order valence-corrected chi connectivity index (χ1v) is 7.12. The van der Waals surface area contributed by atoms with E-state index in [0.717, 1.165) is 11.3 Å². The van der Waals surface area contributed by atoms with E-state index >= 15 is 0 Å². The molecule has 112 valence electrons. The predicted octanol–water partition coefficient (Wildman–Crippen LogP) is 1.32. The fraction of sp³-hybridized carbons (Fsp3) is 0.375. The van der Waals surface area contributed by atoms with Gasteiger partial charge in [0.2, 0.25) is 0 Å². The summed E-state index contributed by atoms with van der Waals surface area (Å²) < 4.78 is 1.64. The van der Waals surface area contributed by atoms with Crippen molar-refractivity contribution in [2.45, 2.75) is 25.8 Å². The van der Waals surface area contributed by atoms with Gasteiger partial charge in [-0.05, 0) is 18.4 Å². The lowest BCUT2D eigenvalue weighted by molar-refractivity contribution is 0.0915. The molecule has 0 aliphatic rings. The van der Waals surface area contributed by atoms with Crippen molar-refractivity contribution in [1.82, 2.24) is 15.1 Å². The third-order valence-electron chi connectivity index (χ3n) is 3.37. The summed E-state index contributed by atoms with van der Waals surface area (Å²) in [6.07, 6.45) is 3.02. The van der Waals surface area contributed by atoms with Crippen molar-refractivity contribution in [2.24, 2.45) is 7.05 Å². The monoisotopic (exact) mass is 287 g/mol. The minimum Gasteiger partial charge on any atom is -0.394 e. The molecule has 5 nitrogen and oxygen atoms in total. The van der Waals surface area contributed by atoms with Crippen LogP contribution in [0.4, 0.5) is 0 Å². The second-order valence-electron chi connectivity index (χ2n) is 5.06. The first-order valence-electron chi connectivity index (χ1n) is 7.12. The van der Waals surface area contributed by atoms with E-state index in [1.807, 2.05) is 37.3 Å². The Labute approximate surface area is 124 Å². The fourth-order valence-electron chi connectivity index (χ4n) is 2.31. The molecule has 1 heterocycles. The SMILES string of the molecule is CCc1nn(C)cc1C(=O)N[C@@H](CO)Cc1ccccc1. The number of hydrogen-bond acceptors (Lipinski definition) is 3. The maximum absolute atomic E-state index is 12.3. The van der Waals surface area contributed by atoms with Gasteiger partial charge < -0.3 is 10.4 Å². The van der Waals surface area contributed by atoms with Crippen LogP contribution in [-0.4, -0.2) is 33.4 Å². The molecule has 2 rings (SSSR count). The molecule has 0 fully saturated rings. The number of rotatable bonds is 6. The minimum absolute atomic E-state index is 0.0949. The molecule has 21 heavy (non-hydrogen) atoms. The van der Waals surface area contributed by atoms with Crippen LogP contribution in [-0.2, 0) is 19.9 Å². The van der Waals surface area contributed by atoms with Crippen LogP contribution < -0.4 is 5.32 Å². The largest absolute Gasteiger partial charge is 0.394 e. The third kappa shape index (κ3) is 3.92. The summed E-state index contributed by atoms with van der Waals surface area (Å²) in [6.45, 7) is 1.87. The Morgan fingerprint density at radius 2 is 2.10 bits per heavy atom. The maximum Gasteiger partial charge on any atom is 0.255 e. The zero-order valence-corrected chi connectivity index (χ0v) is 12.4. The van der Waals surface area contributed by atoms with Crippen LogP contribution in [0.5, 0.6) is 0 Å². The van der Waals surface area contributed by atoms with E-state index in [0.29, 0.717) is 18.4 Å². The average Bonchev–Trinajstić information content (AvgIpc) is 2.88. The molecule has 0 unspecified atom stereocenters. The summed E-state index contributed by atoms with van der Waals surface area (Å²) in [5.74, 6) is -0.185. The summed E-state index contributed by atoms with van der Waals surface area (Å²) >= 11 is 0. The number of aliphatic hydroxyl groups excluding tert-OH is 1. The van der Waals surface area contributed by atoms with Gasteiger partial charge in [-0.2, -0.15) is 5.10 Å². The number of hydrogen-bond donors (Lipinski definition) is 2. The average molecular weight is 287 g/mol. The Morgan fingerprint density at radius 1 is 1.38 bits per heavy atom. The van der Waals surface area contributed by atoms with Crippen LogP contribution in [0, 0.1) is 0 Å². The highest BCUT2D eigenvalue weighted by atomic mass is 16.3. The molecular weight excluding hydrogens is 266 g/mol. The highest BCUT2D eigenvalue weighted by molar-refractivity contribution is 5.95. The van der Waals surface area contributed by atoms with Gasteiger partial charge in [0.15, 0.2) is 0 Å². The first-order chi connectivity index (χ1) is 10.1. The predicted molar refractivity (Wildman–Crippen MR) is 81.1 cm³/mol. The molecule has 1 aromatic carbocycles. The van der Waals surface area contributed by atoms with E-state index in [-0.39, 0.29) is 18.6 Å². The molecule has 2 N–H and O–H groups in total. The van der Waals surface area contributed by atoms with Gasteiger partial charge >= 0.3 is 0 Å². The number of nitrogens with zero attached hydrogens (tertiary/aromatic N) is 2. The zero-order valence-electron chi connectivity index (χ0n) is 12.4. The van der Waals surface area contributed by atoms with Crippen LogP contribution in [0.25, 0.3) is 0 Å². The molecule has 1 amide bonds. The molecule has 5 heteroatoms. The van der Waals surface area contributed by atoms with E-state index in [1.165, 1.54) is 0 Å². The van der Waals surface area contributed by atoms with Crippen LogP contribution in [0.2, 0.25) is 0 Å². The topological polar surface area (TPSA) is 67.2 Å². The molecular formula is C16H21N3O2. The summed E-state index contributed by atoms with van der Waals surface area (Å²) in [7, 11) is 1.80. The van der Waals surface area contributed by atoms with Crippen LogP contribution >= 0.6 is 0 Å². The van der Waals surface area contributed by atoms with Crippen molar-refractivity contribution in [3.8, 4) is 0 Å². The molecule has 0 bridgehead atoms. The highest BCUT2D eigenvalue weighted by Gasteiger charge is 2.18.